The molecule has 0 amide bonds. The molecule has 0 aromatic carbocycles. The Bertz CT molecular complexity index is 484. The zero-order chi connectivity index (χ0) is 14.0. The molecule has 1 aliphatic rings. The summed E-state index contributed by atoms with van der Waals surface area (Å²) in [6, 6.07) is 1.47. The number of rotatable bonds is 3. The lowest BCUT2D eigenvalue weighted by molar-refractivity contribution is 0.0889. The van der Waals surface area contributed by atoms with Gasteiger partial charge in [0, 0.05) is 17.7 Å². The number of carbonyl (C=O) groups is 2. The van der Waals surface area contributed by atoms with Crippen LogP contribution in [0.4, 0.5) is 0 Å². The number of aromatic nitrogens is 1. The molecule has 1 aliphatic carbocycles. The molecule has 19 heavy (non-hydrogen) atoms. The number of aromatic amines is 1. The van der Waals surface area contributed by atoms with Gasteiger partial charge in [0.2, 0.25) is 5.78 Å². The largest absolute Gasteiger partial charge is 0.358 e. The van der Waals surface area contributed by atoms with Gasteiger partial charge >= 0.3 is 0 Å². The average Bonchev–Trinajstić information content (AvgIpc) is 2.86. The fourth-order valence-corrected chi connectivity index (χ4v) is 2.73. The van der Waals surface area contributed by atoms with E-state index in [0.717, 1.165) is 25.7 Å². The van der Waals surface area contributed by atoms with Crippen molar-refractivity contribution in [2.24, 2.45) is 5.92 Å². The molecule has 0 atom stereocenters. The van der Waals surface area contributed by atoms with E-state index in [1.54, 1.807) is 0 Å². The van der Waals surface area contributed by atoms with Crippen LogP contribution in [0.1, 0.15) is 53.0 Å². The fourth-order valence-electron chi connectivity index (χ4n) is 2.42. The van der Waals surface area contributed by atoms with Crippen LogP contribution in [-0.4, -0.2) is 20.3 Å². The number of halogens is 3. The van der Waals surface area contributed by atoms with Crippen LogP contribution in [-0.2, 0) is 0 Å². The van der Waals surface area contributed by atoms with Crippen LogP contribution in [0.25, 0.3) is 0 Å². The maximum atomic E-state index is 12.3. The average molecular weight is 323 g/mol. The molecule has 0 spiro atoms. The second kappa shape index (κ2) is 5.86. The van der Waals surface area contributed by atoms with Crippen molar-refractivity contribution >= 4 is 46.4 Å². The van der Waals surface area contributed by atoms with Crippen LogP contribution >= 0.6 is 34.8 Å². The van der Waals surface area contributed by atoms with Crippen molar-refractivity contribution < 1.29 is 9.59 Å². The Morgan fingerprint density at radius 1 is 1.16 bits per heavy atom. The molecule has 0 radical (unpaired) electrons. The third-order valence-electron chi connectivity index (χ3n) is 3.45. The molecule has 0 unspecified atom stereocenters. The number of ketones is 2. The van der Waals surface area contributed by atoms with E-state index >= 15 is 0 Å². The zero-order valence-corrected chi connectivity index (χ0v) is 12.5. The first kappa shape index (κ1) is 14.9. The van der Waals surface area contributed by atoms with Crippen LogP contribution in [0.3, 0.4) is 0 Å². The Balaban J connectivity index is 2.12. The minimum Gasteiger partial charge on any atom is -0.358 e. The molecule has 1 saturated carbocycles. The molecule has 104 valence electrons. The summed E-state index contributed by atoms with van der Waals surface area (Å²) < 4.78 is -2.00. The highest BCUT2D eigenvalue weighted by Gasteiger charge is 2.33. The second-order valence-corrected chi connectivity index (χ2v) is 7.11. The monoisotopic (exact) mass is 321 g/mol. The van der Waals surface area contributed by atoms with Crippen molar-refractivity contribution in [3.05, 3.63) is 23.5 Å². The molecule has 0 bridgehead atoms. The first-order valence-electron chi connectivity index (χ1n) is 6.24. The summed E-state index contributed by atoms with van der Waals surface area (Å²) in [5.74, 6) is -0.528. The van der Waals surface area contributed by atoms with E-state index < -0.39 is 9.58 Å². The SMILES string of the molecule is O=C(c1c[nH]c(C(=O)C(Cl)(Cl)Cl)c1)C1CCCCC1. The molecule has 1 aromatic rings. The lowest BCUT2D eigenvalue weighted by Crippen LogP contribution is -2.19. The van der Waals surface area contributed by atoms with Gasteiger partial charge in [-0.05, 0) is 18.9 Å². The highest BCUT2D eigenvalue weighted by Crippen LogP contribution is 2.31. The summed E-state index contributed by atoms with van der Waals surface area (Å²) in [5, 5.41) is 0. The number of Topliss-reactive ketones (excluding diaryl/α,β-unsaturated/α-hetero) is 2. The number of nitrogens with one attached hydrogen (secondary N) is 1. The van der Waals surface area contributed by atoms with Gasteiger partial charge in [0.15, 0.2) is 5.78 Å². The molecule has 0 aliphatic heterocycles. The normalized spacial score (nSPS) is 17.4. The van der Waals surface area contributed by atoms with Crippen molar-refractivity contribution in [2.75, 3.05) is 0 Å². The highest BCUT2D eigenvalue weighted by atomic mass is 35.6. The smallest absolute Gasteiger partial charge is 0.254 e. The number of carbonyl (C=O) groups excluding carboxylic acids is 2. The van der Waals surface area contributed by atoms with Gasteiger partial charge in [-0.25, -0.2) is 0 Å². The van der Waals surface area contributed by atoms with Gasteiger partial charge in [-0.15, -0.1) is 0 Å². The summed E-state index contributed by atoms with van der Waals surface area (Å²) in [6.45, 7) is 0. The molecule has 3 nitrogen and oxygen atoms in total. The zero-order valence-electron chi connectivity index (χ0n) is 10.2. The Kier molecular flexibility index (Phi) is 4.59. The third kappa shape index (κ3) is 3.53. The molecular formula is C13H14Cl3NO2. The first-order chi connectivity index (χ1) is 8.89. The molecule has 6 heteroatoms. The summed E-state index contributed by atoms with van der Waals surface area (Å²) >= 11 is 16.6. The quantitative estimate of drug-likeness (QED) is 0.665. The van der Waals surface area contributed by atoms with E-state index in [1.807, 2.05) is 0 Å². The van der Waals surface area contributed by atoms with Crippen LogP contribution in [0.2, 0.25) is 0 Å². The number of alkyl halides is 3. The van der Waals surface area contributed by atoms with Crippen LogP contribution in [0.5, 0.6) is 0 Å². The van der Waals surface area contributed by atoms with Gasteiger partial charge in [-0.3, -0.25) is 9.59 Å². The fraction of sp³-hybridized carbons (Fsp3) is 0.538. The third-order valence-corrected chi connectivity index (χ3v) is 3.96. The van der Waals surface area contributed by atoms with E-state index in [-0.39, 0.29) is 17.4 Å². The first-order valence-corrected chi connectivity index (χ1v) is 7.37. The minimum atomic E-state index is -2.00. The van der Waals surface area contributed by atoms with Gasteiger partial charge in [0.05, 0.1) is 5.69 Å². The Hall–Kier alpha value is -0.510. The standard InChI is InChI=1S/C13H14Cl3NO2/c14-13(15,16)12(19)10-6-9(7-17-10)11(18)8-4-2-1-3-5-8/h6-8,17H,1-5H2. The number of hydrogen-bond acceptors (Lipinski definition) is 2. The number of hydrogen-bond donors (Lipinski definition) is 1. The van der Waals surface area contributed by atoms with Crippen molar-refractivity contribution in [1.82, 2.24) is 4.98 Å². The van der Waals surface area contributed by atoms with E-state index in [9.17, 15) is 9.59 Å². The van der Waals surface area contributed by atoms with E-state index in [2.05, 4.69) is 4.98 Å². The lowest BCUT2D eigenvalue weighted by Gasteiger charge is -2.19. The highest BCUT2D eigenvalue weighted by molar-refractivity contribution is 6.77. The molecule has 1 N–H and O–H groups in total. The van der Waals surface area contributed by atoms with E-state index in [0.29, 0.717) is 5.56 Å². The lowest BCUT2D eigenvalue weighted by atomic mass is 9.84. The topological polar surface area (TPSA) is 49.9 Å². The molecule has 2 rings (SSSR count). The Morgan fingerprint density at radius 2 is 1.79 bits per heavy atom. The van der Waals surface area contributed by atoms with Gasteiger partial charge in [-0.2, -0.15) is 0 Å². The van der Waals surface area contributed by atoms with Gasteiger partial charge in [0.1, 0.15) is 0 Å². The van der Waals surface area contributed by atoms with Gasteiger partial charge in [-0.1, -0.05) is 54.1 Å². The maximum Gasteiger partial charge on any atom is 0.254 e. The van der Waals surface area contributed by atoms with Crippen molar-refractivity contribution in [1.29, 1.82) is 0 Å². The predicted octanol–water partition coefficient (Wildman–Crippen LogP) is 4.33. The van der Waals surface area contributed by atoms with Crippen LogP contribution in [0.15, 0.2) is 12.3 Å². The van der Waals surface area contributed by atoms with Crippen molar-refractivity contribution in [3.63, 3.8) is 0 Å². The Labute approximate surface area is 126 Å². The molecule has 1 heterocycles. The summed E-state index contributed by atoms with van der Waals surface area (Å²) in [7, 11) is 0. The predicted molar refractivity (Wildman–Crippen MR) is 76.3 cm³/mol. The van der Waals surface area contributed by atoms with E-state index in [1.165, 1.54) is 18.7 Å². The summed E-state index contributed by atoms with van der Waals surface area (Å²) in [6.07, 6.45) is 6.70. The minimum absolute atomic E-state index is 0.0558. The van der Waals surface area contributed by atoms with Crippen molar-refractivity contribution in [2.45, 2.75) is 35.9 Å². The maximum absolute atomic E-state index is 12.3. The molecular weight excluding hydrogens is 309 g/mol. The molecule has 1 fully saturated rings. The number of H-pyrrole nitrogens is 1. The van der Waals surface area contributed by atoms with Crippen molar-refractivity contribution in [3.8, 4) is 0 Å². The Morgan fingerprint density at radius 3 is 2.37 bits per heavy atom. The van der Waals surface area contributed by atoms with Gasteiger partial charge < -0.3 is 4.98 Å². The summed E-state index contributed by atoms with van der Waals surface area (Å²) in [4.78, 5) is 26.7. The van der Waals surface area contributed by atoms with Crippen LogP contribution < -0.4 is 0 Å². The summed E-state index contributed by atoms with van der Waals surface area (Å²) in [5.41, 5.74) is 0.642. The molecule has 0 saturated heterocycles. The second-order valence-electron chi connectivity index (χ2n) is 4.83. The van der Waals surface area contributed by atoms with E-state index in [4.69, 9.17) is 34.8 Å². The van der Waals surface area contributed by atoms with Crippen LogP contribution in [0, 0.1) is 5.92 Å². The van der Waals surface area contributed by atoms with Gasteiger partial charge in [0.25, 0.3) is 3.79 Å². The molecule has 1 aromatic heterocycles.